The zero-order chi connectivity index (χ0) is 15.0. The molecule has 0 amide bonds. The van der Waals surface area contributed by atoms with Gasteiger partial charge in [-0.25, -0.2) is 4.79 Å². The van der Waals surface area contributed by atoms with E-state index in [4.69, 9.17) is 9.84 Å². The summed E-state index contributed by atoms with van der Waals surface area (Å²) in [5.41, 5.74) is -2.49. The maximum atomic E-state index is 11.7. The minimum Gasteiger partial charge on any atom is -0.494 e. The van der Waals surface area contributed by atoms with Gasteiger partial charge in [-0.1, -0.05) is 0 Å². The Balaban J connectivity index is 0.00000220. The fourth-order valence-electron chi connectivity index (χ4n) is 2.09. The molecule has 2 heterocycles. The zero-order valence-electron chi connectivity index (χ0n) is 11.1. The molecule has 0 spiro atoms. The fraction of sp³-hybridized carbons (Fsp3) is 0.600. The average Bonchev–Trinajstić information content (AvgIpc) is 2.37. The first-order valence-electron chi connectivity index (χ1n) is 5.72. The number of rotatable bonds is 2. The van der Waals surface area contributed by atoms with E-state index in [0.717, 1.165) is 0 Å². The van der Waals surface area contributed by atoms with Crippen molar-refractivity contribution in [3.05, 3.63) is 26.4 Å². The molecule has 10 nitrogen and oxygen atoms in total. The van der Waals surface area contributed by atoms with E-state index in [0.29, 0.717) is 0 Å². The number of aromatic hydroxyl groups is 1. The minimum absolute atomic E-state index is 0. The first kappa shape index (κ1) is 18.3. The van der Waals surface area contributed by atoms with E-state index >= 15 is 0 Å². The normalized spacial score (nSPS) is 32.5. The van der Waals surface area contributed by atoms with Crippen LogP contribution in [0, 0.1) is 0 Å². The first-order chi connectivity index (χ1) is 9.36. The topological polar surface area (TPSA) is 176 Å². The van der Waals surface area contributed by atoms with Crippen LogP contribution in [0.25, 0.3) is 0 Å². The molecule has 0 unspecified atom stereocenters. The standard InChI is InChI=1S/C10H14N2O8.Na/c13-1-2-4(14)5(15)6(16)7(20-2)3-8(17)11-10(19)12-9(3)18;/h2,4-7,13-16H,1H2,(H3,11,12,17,18,19);/t2-,4-,5+,6-,7+;/m1./s1. The molecule has 5 atom stereocenters. The molecule has 0 aromatic carbocycles. The van der Waals surface area contributed by atoms with Crippen molar-refractivity contribution in [1.82, 2.24) is 9.97 Å². The van der Waals surface area contributed by atoms with Crippen molar-refractivity contribution in [3.8, 4) is 5.88 Å². The van der Waals surface area contributed by atoms with Crippen LogP contribution in [0.15, 0.2) is 9.59 Å². The molecule has 1 fully saturated rings. The molecule has 21 heavy (non-hydrogen) atoms. The second-order valence-corrected chi connectivity index (χ2v) is 4.42. The molecule has 0 saturated carbocycles. The van der Waals surface area contributed by atoms with Gasteiger partial charge in [0.1, 0.15) is 36.1 Å². The molecule has 113 valence electrons. The van der Waals surface area contributed by atoms with Crippen molar-refractivity contribution < 1.29 is 30.3 Å². The number of hydrogen-bond acceptors (Lipinski definition) is 8. The smallest absolute Gasteiger partial charge is 0.328 e. The van der Waals surface area contributed by atoms with Gasteiger partial charge in [-0.3, -0.25) is 14.8 Å². The molecule has 2 rings (SSSR count). The first-order valence-corrected chi connectivity index (χ1v) is 5.72. The quantitative estimate of drug-likeness (QED) is 0.269. The summed E-state index contributed by atoms with van der Waals surface area (Å²) in [6.07, 6.45) is -7.77. The third-order valence-electron chi connectivity index (χ3n) is 3.14. The maximum absolute atomic E-state index is 11.7. The Kier molecular flexibility index (Phi) is 6.13. The second kappa shape index (κ2) is 7.03. The Morgan fingerprint density at radius 1 is 1.05 bits per heavy atom. The van der Waals surface area contributed by atoms with Crippen molar-refractivity contribution >= 4 is 29.6 Å². The van der Waals surface area contributed by atoms with Gasteiger partial charge in [0.15, 0.2) is 0 Å². The van der Waals surface area contributed by atoms with Crippen LogP contribution >= 0.6 is 0 Å². The van der Waals surface area contributed by atoms with Crippen LogP contribution in [-0.2, 0) is 4.74 Å². The average molecular weight is 313 g/mol. The largest absolute Gasteiger partial charge is 0.494 e. The minimum atomic E-state index is -1.73. The van der Waals surface area contributed by atoms with E-state index in [1.807, 2.05) is 9.97 Å². The van der Waals surface area contributed by atoms with E-state index in [2.05, 4.69) is 0 Å². The van der Waals surface area contributed by atoms with Gasteiger partial charge in [-0.15, -0.1) is 0 Å². The number of aromatic nitrogens is 2. The summed E-state index contributed by atoms with van der Waals surface area (Å²) in [5, 5.41) is 47.6. The van der Waals surface area contributed by atoms with Crippen LogP contribution in [0.5, 0.6) is 5.88 Å². The van der Waals surface area contributed by atoms with Crippen LogP contribution in [0.4, 0.5) is 0 Å². The van der Waals surface area contributed by atoms with Crippen molar-refractivity contribution in [2.24, 2.45) is 0 Å². The third kappa shape index (κ3) is 3.38. The fourth-order valence-corrected chi connectivity index (χ4v) is 2.09. The summed E-state index contributed by atoms with van der Waals surface area (Å²) in [6, 6.07) is 0. The predicted molar refractivity (Wildman–Crippen MR) is 67.8 cm³/mol. The molecular formula is C10H14N2NaO8. The summed E-state index contributed by atoms with van der Waals surface area (Å²) < 4.78 is 5.11. The van der Waals surface area contributed by atoms with Gasteiger partial charge in [-0.2, -0.15) is 0 Å². The molecule has 1 aromatic rings. The van der Waals surface area contributed by atoms with Gasteiger partial charge in [0.25, 0.3) is 5.56 Å². The molecule has 11 heteroatoms. The van der Waals surface area contributed by atoms with E-state index in [9.17, 15) is 30.0 Å². The molecule has 1 aliphatic heterocycles. The van der Waals surface area contributed by atoms with Gasteiger partial charge in [0.05, 0.1) is 6.61 Å². The molecule has 0 aliphatic carbocycles. The molecule has 1 aromatic heterocycles. The molecule has 7 N–H and O–H groups in total. The third-order valence-corrected chi connectivity index (χ3v) is 3.14. The number of aliphatic hydroxyl groups is 4. The van der Waals surface area contributed by atoms with Crippen molar-refractivity contribution in [1.29, 1.82) is 0 Å². The van der Waals surface area contributed by atoms with Crippen LogP contribution in [-0.4, -0.2) is 96.1 Å². The molecule has 1 aliphatic rings. The van der Waals surface area contributed by atoms with Gasteiger partial charge in [0.2, 0.25) is 5.88 Å². The Hall–Kier alpha value is -0.720. The Morgan fingerprint density at radius 3 is 2.19 bits per heavy atom. The van der Waals surface area contributed by atoms with Gasteiger partial charge in [0, 0.05) is 29.6 Å². The van der Waals surface area contributed by atoms with Gasteiger partial charge >= 0.3 is 5.69 Å². The van der Waals surface area contributed by atoms with Crippen molar-refractivity contribution in [3.63, 3.8) is 0 Å². The Labute approximate surface area is 139 Å². The number of ether oxygens (including phenoxy) is 1. The monoisotopic (exact) mass is 313 g/mol. The second-order valence-electron chi connectivity index (χ2n) is 4.42. The summed E-state index contributed by atoms with van der Waals surface area (Å²) in [4.78, 5) is 26.4. The Bertz CT molecular complexity index is 599. The van der Waals surface area contributed by atoms with E-state index < -0.39 is 59.8 Å². The van der Waals surface area contributed by atoms with E-state index in [1.54, 1.807) is 0 Å². The van der Waals surface area contributed by atoms with E-state index in [-0.39, 0.29) is 29.6 Å². The predicted octanol–water partition coefficient (Wildman–Crippen LogP) is -4.10. The summed E-state index contributed by atoms with van der Waals surface area (Å²) in [7, 11) is 0. The van der Waals surface area contributed by atoms with Gasteiger partial charge < -0.3 is 30.3 Å². The summed E-state index contributed by atoms with van der Waals surface area (Å²) >= 11 is 0. The number of H-pyrrole nitrogens is 2. The molecule has 0 bridgehead atoms. The summed E-state index contributed by atoms with van der Waals surface area (Å²) in [5.74, 6) is -0.830. The van der Waals surface area contributed by atoms with Crippen LogP contribution < -0.4 is 11.2 Å². The number of aromatic amines is 2. The molecule has 1 radical (unpaired) electrons. The van der Waals surface area contributed by atoms with Crippen molar-refractivity contribution in [2.45, 2.75) is 30.5 Å². The number of nitrogens with one attached hydrogen (secondary N) is 2. The van der Waals surface area contributed by atoms with Gasteiger partial charge in [-0.05, 0) is 0 Å². The maximum Gasteiger partial charge on any atom is 0.328 e. The summed E-state index contributed by atoms with van der Waals surface area (Å²) in [6.45, 7) is -0.677. The van der Waals surface area contributed by atoms with E-state index in [1.165, 1.54) is 0 Å². The SMILES string of the molecule is O=c1[nH]c(O)c([C@@H]2O[C@H](CO)[C@@H](O)[C@H](O)[C@H]2O)c(=O)[nH]1.[Na]. The Morgan fingerprint density at radius 2 is 1.67 bits per heavy atom. The van der Waals surface area contributed by atoms with Crippen LogP contribution in [0.1, 0.15) is 11.7 Å². The zero-order valence-corrected chi connectivity index (χ0v) is 13.1. The number of hydrogen-bond donors (Lipinski definition) is 7. The molecular weight excluding hydrogens is 299 g/mol. The van der Waals surface area contributed by atoms with Crippen molar-refractivity contribution in [2.75, 3.05) is 6.61 Å². The molecule has 1 saturated heterocycles. The van der Waals surface area contributed by atoms with Crippen LogP contribution in [0.3, 0.4) is 0 Å². The van der Waals surface area contributed by atoms with Crippen LogP contribution in [0.2, 0.25) is 0 Å². The number of aliphatic hydroxyl groups excluding tert-OH is 4.